The van der Waals surface area contributed by atoms with Crippen LogP contribution in [0, 0.1) is 5.41 Å². The van der Waals surface area contributed by atoms with Crippen LogP contribution < -0.4 is 10.9 Å². The van der Waals surface area contributed by atoms with Crippen molar-refractivity contribution in [1.29, 1.82) is 0 Å². The Morgan fingerprint density at radius 2 is 1.93 bits per heavy atom. The number of nitrogens with one attached hydrogen (secondary N) is 1. The summed E-state index contributed by atoms with van der Waals surface area (Å²) in [5.41, 5.74) is 1.09. The van der Waals surface area contributed by atoms with Gasteiger partial charge < -0.3 is 10.4 Å². The number of nitrogens with zero attached hydrogens (tertiary/aromatic N) is 3. The first kappa shape index (κ1) is 19.5. The second-order valence-corrected chi connectivity index (χ2v) is 8.39. The number of aliphatic hydroxyl groups is 1. The molecule has 0 bridgehead atoms. The van der Waals surface area contributed by atoms with Crippen molar-refractivity contribution in [2.75, 3.05) is 11.9 Å². The number of hydrogen-bond donors (Lipinski definition) is 2. The summed E-state index contributed by atoms with van der Waals surface area (Å²) in [7, 11) is 0. The van der Waals surface area contributed by atoms with Crippen LogP contribution in [0.2, 0.25) is 0 Å². The van der Waals surface area contributed by atoms with Crippen molar-refractivity contribution in [3.05, 3.63) is 63.0 Å². The number of aliphatic hydroxyl groups excluding tert-OH is 1. The molecule has 3 rings (SSSR count). The molecule has 0 saturated heterocycles. The van der Waals surface area contributed by atoms with Gasteiger partial charge in [-0.25, -0.2) is 4.98 Å². The Morgan fingerprint density at radius 3 is 2.59 bits per heavy atom. The Morgan fingerprint density at radius 1 is 1.22 bits per heavy atom. The molecule has 1 atom stereocenters. The van der Waals surface area contributed by atoms with Crippen molar-refractivity contribution < 1.29 is 5.11 Å². The van der Waals surface area contributed by atoms with Gasteiger partial charge in [0.2, 0.25) is 5.95 Å². The number of rotatable bonds is 6. The van der Waals surface area contributed by atoms with Gasteiger partial charge in [-0.2, -0.15) is 4.98 Å². The minimum atomic E-state index is -0.429. The lowest BCUT2D eigenvalue weighted by Crippen LogP contribution is -2.31. The highest BCUT2D eigenvalue weighted by molar-refractivity contribution is 9.10. The Hall–Kier alpha value is -2.25. The average molecular weight is 431 g/mol. The van der Waals surface area contributed by atoms with Gasteiger partial charge in [-0.05, 0) is 30.7 Å². The lowest BCUT2D eigenvalue weighted by atomic mass is 9.95. The molecular weight excluding hydrogens is 408 g/mol. The lowest BCUT2D eigenvalue weighted by Gasteiger charge is -2.23. The van der Waals surface area contributed by atoms with Crippen LogP contribution in [0.4, 0.5) is 5.95 Å². The molecule has 0 aliphatic carbocycles. The minimum Gasteiger partial charge on any atom is -0.396 e. The summed E-state index contributed by atoms with van der Waals surface area (Å²) in [6.07, 6.45) is 1.71. The first-order valence-corrected chi connectivity index (χ1v) is 9.58. The Kier molecular flexibility index (Phi) is 5.62. The summed E-state index contributed by atoms with van der Waals surface area (Å²) >= 11 is 3.44. The molecule has 0 saturated carbocycles. The van der Waals surface area contributed by atoms with E-state index in [1.54, 1.807) is 16.8 Å². The quantitative estimate of drug-likeness (QED) is 0.622. The number of pyridine rings is 1. The fraction of sp³-hybridized carbons (Fsp3) is 0.350. The molecule has 0 aliphatic rings. The van der Waals surface area contributed by atoms with Crippen molar-refractivity contribution in [3.8, 4) is 0 Å². The molecule has 1 aromatic carbocycles. The third-order valence-corrected chi connectivity index (χ3v) is 4.98. The highest BCUT2D eigenvalue weighted by Crippen LogP contribution is 2.22. The smallest absolute Gasteiger partial charge is 0.252 e. The first-order valence-electron chi connectivity index (χ1n) is 8.78. The number of aromatic nitrogens is 3. The lowest BCUT2D eigenvalue weighted by molar-refractivity contribution is 0.141. The molecule has 3 aromatic rings. The van der Waals surface area contributed by atoms with Gasteiger partial charge in [0.05, 0.1) is 6.04 Å². The zero-order valence-corrected chi connectivity index (χ0v) is 17.2. The van der Waals surface area contributed by atoms with Crippen LogP contribution in [0.1, 0.15) is 32.4 Å². The molecule has 0 unspecified atom stereocenters. The Balaban J connectivity index is 1.96. The molecule has 2 heterocycles. The van der Waals surface area contributed by atoms with Gasteiger partial charge in [0, 0.05) is 40.7 Å². The van der Waals surface area contributed by atoms with E-state index in [0.29, 0.717) is 18.1 Å². The highest BCUT2D eigenvalue weighted by Gasteiger charge is 2.20. The fourth-order valence-electron chi connectivity index (χ4n) is 2.80. The number of fused-ring (bicyclic) bond motifs is 1. The van der Waals surface area contributed by atoms with Crippen molar-refractivity contribution in [2.45, 2.75) is 33.4 Å². The van der Waals surface area contributed by atoms with E-state index in [4.69, 9.17) is 0 Å². The van der Waals surface area contributed by atoms with Crippen LogP contribution >= 0.6 is 15.9 Å². The van der Waals surface area contributed by atoms with Crippen LogP contribution in [0.15, 0.2) is 51.9 Å². The monoisotopic (exact) mass is 430 g/mol. The van der Waals surface area contributed by atoms with E-state index >= 15 is 0 Å². The van der Waals surface area contributed by atoms with E-state index in [1.807, 2.05) is 45.0 Å². The third kappa shape index (κ3) is 4.54. The number of anilines is 1. The van der Waals surface area contributed by atoms with Gasteiger partial charge in [0.1, 0.15) is 5.65 Å². The molecule has 0 aliphatic heterocycles. The summed E-state index contributed by atoms with van der Waals surface area (Å²) < 4.78 is 2.62. The molecule has 0 fully saturated rings. The fourth-order valence-corrected chi connectivity index (χ4v) is 3.06. The molecule has 0 amide bonds. The largest absolute Gasteiger partial charge is 0.396 e. The Bertz CT molecular complexity index is 999. The number of hydrogen-bond acceptors (Lipinski definition) is 5. The summed E-state index contributed by atoms with van der Waals surface area (Å²) in [6, 6.07) is 11.3. The van der Waals surface area contributed by atoms with Gasteiger partial charge >= 0.3 is 0 Å². The Labute approximate surface area is 166 Å². The van der Waals surface area contributed by atoms with E-state index in [2.05, 4.69) is 31.2 Å². The maximum atomic E-state index is 12.4. The number of benzene rings is 1. The minimum absolute atomic E-state index is 0.00770. The predicted octanol–water partition coefficient (Wildman–Crippen LogP) is 3.75. The number of halogens is 1. The molecule has 27 heavy (non-hydrogen) atoms. The highest BCUT2D eigenvalue weighted by atomic mass is 79.9. The average Bonchev–Trinajstić information content (AvgIpc) is 2.64. The molecular formula is C20H23BrN4O2. The zero-order chi connectivity index (χ0) is 19.6. The van der Waals surface area contributed by atoms with E-state index in [9.17, 15) is 9.90 Å². The van der Waals surface area contributed by atoms with Crippen LogP contribution in [0.5, 0.6) is 0 Å². The van der Waals surface area contributed by atoms with Crippen molar-refractivity contribution in [2.24, 2.45) is 5.41 Å². The maximum Gasteiger partial charge on any atom is 0.252 e. The third-order valence-electron chi connectivity index (χ3n) is 4.45. The molecule has 142 valence electrons. The van der Waals surface area contributed by atoms with E-state index in [-0.39, 0.29) is 18.2 Å². The van der Waals surface area contributed by atoms with Gasteiger partial charge in [0.25, 0.3) is 5.56 Å². The van der Waals surface area contributed by atoms with Crippen molar-refractivity contribution in [1.82, 2.24) is 14.5 Å². The SMILES string of the molecule is C[C@H](Nc1ncc2ccc(=O)n(CC(C)(C)CO)c2n1)c1ccc(Br)cc1. The molecule has 7 heteroatoms. The van der Waals surface area contributed by atoms with Gasteiger partial charge in [0.15, 0.2) is 0 Å². The summed E-state index contributed by atoms with van der Waals surface area (Å²) in [4.78, 5) is 21.4. The second-order valence-electron chi connectivity index (χ2n) is 7.47. The van der Waals surface area contributed by atoms with Crippen LogP contribution in [0.25, 0.3) is 11.0 Å². The summed E-state index contributed by atoms with van der Waals surface area (Å²) in [5, 5.41) is 13.6. The standard InChI is InChI=1S/C20H23BrN4O2/c1-13(14-4-7-16(21)8-5-14)23-19-22-10-15-6-9-17(27)25(18(15)24-19)11-20(2,3)12-26/h4-10,13,26H,11-12H2,1-3H3,(H,22,23,24)/t13-/m0/s1. The summed E-state index contributed by atoms with van der Waals surface area (Å²) in [5.74, 6) is 0.457. The normalized spacial score (nSPS) is 12.9. The van der Waals surface area contributed by atoms with Gasteiger partial charge in [-0.15, -0.1) is 0 Å². The van der Waals surface area contributed by atoms with Crippen molar-refractivity contribution in [3.63, 3.8) is 0 Å². The van der Waals surface area contributed by atoms with Crippen LogP contribution in [-0.4, -0.2) is 26.2 Å². The van der Waals surface area contributed by atoms with E-state index in [0.717, 1.165) is 15.4 Å². The van der Waals surface area contributed by atoms with Crippen LogP contribution in [0.3, 0.4) is 0 Å². The second kappa shape index (κ2) is 7.78. The molecule has 2 N–H and O–H groups in total. The first-order chi connectivity index (χ1) is 12.8. The van der Waals surface area contributed by atoms with Crippen molar-refractivity contribution >= 4 is 32.9 Å². The molecule has 6 nitrogen and oxygen atoms in total. The predicted molar refractivity (Wildman–Crippen MR) is 111 cm³/mol. The topological polar surface area (TPSA) is 80.0 Å². The molecule has 0 radical (unpaired) electrons. The van der Waals surface area contributed by atoms with E-state index in [1.165, 1.54) is 6.07 Å². The molecule has 0 spiro atoms. The zero-order valence-electron chi connectivity index (χ0n) is 15.6. The molecule has 2 aromatic heterocycles. The van der Waals surface area contributed by atoms with Gasteiger partial charge in [-0.3, -0.25) is 9.36 Å². The van der Waals surface area contributed by atoms with Gasteiger partial charge in [-0.1, -0.05) is 41.9 Å². The van der Waals surface area contributed by atoms with Crippen LogP contribution in [-0.2, 0) is 6.54 Å². The maximum absolute atomic E-state index is 12.4. The van der Waals surface area contributed by atoms with E-state index < -0.39 is 5.41 Å². The summed E-state index contributed by atoms with van der Waals surface area (Å²) in [6.45, 7) is 6.21.